The van der Waals surface area contributed by atoms with Crippen LogP contribution in [-0.2, 0) is 10.2 Å². The summed E-state index contributed by atoms with van der Waals surface area (Å²) in [7, 11) is 2.90. The summed E-state index contributed by atoms with van der Waals surface area (Å²) in [4.78, 5) is 11.3. The zero-order chi connectivity index (χ0) is 12.6. The van der Waals surface area contributed by atoms with Gasteiger partial charge in [-0.2, -0.15) is 0 Å². The van der Waals surface area contributed by atoms with Gasteiger partial charge >= 0.3 is 5.97 Å². The molecule has 0 spiro atoms. The second-order valence-corrected chi connectivity index (χ2v) is 4.12. The predicted octanol–water partition coefficient (Wildman–Crippen LogP) is 1.53. The number of phenolic OH excluding ortho intramolecular Hbond substituents is 1. The maximum absolute atomic E-state index is 11.3. The van der Waals surface area contributed by atoms with E-state index in [0.29, 0.717) is 29.9 Å². The van der Waals surface area contributed by atoms with Crippen molar-refractivity contribution in [2.75, 3.05) is 14.2 Å². The fourth-order valence-electron chi connectivity index (χ4n) is 2.03. The predicted molar refractivity (Wildman–Crippen MR) is 59.8 cm³/mol. The van der Waals surface area contributed by atoms with E-state index in [1.165, 1.54) is 26.4 Å². The van der Waals surface area contributed by atoms with Crippen LogP contribution in [0.2, 0.25) is 0 Å². The summed E-state index contributed by atoms with van der Waals surface area (Å²) in [6, 6.07) is 2.84. The van der Waals surface area contributed by atoms with Crippen LogP contribution in [0.15, 0.2) is 12.1 Å². The zero-order valence-electron chi connectivity index (χ0n) is 9.69. The molecule has 0 radical (unpaired) electrons. The summed E-state index contributed by atoms with van der Waals surface area (Å²) in [6.45, 7) is 0. The van der Waals surface area contributed by atoms with E-state index in [9.17, 15) is 15.0 Å². The first-order valence-corrected chi connectivity index (χ1v) is 5.24. The number of ether oxygens (including phenoxy) is 2. The van der Waals surface area contributed by atoms with Crippen LogP contribution in [0.5, 0.6) is 17.2 Å². The summed E-state index contributed by atoms with van der Waals surface area (Å²) in [6.07, 6.45) is 1.09. The van der Waals surface area contributed by atoms with Gasteiger partial charge in [-0.25, -0.2) is 0 Å². The number of phenols is 1. The van der Waals surface area contributed by atoms with Crippen molar-refractivity contribution in [3.63, 3.8) is 0 Å². The molecule has 0 aliphatic heterocycles. The molecule has 1 aliphatic rings. The number of benzene rings is 1. The molecule has 5 nitrogen and oxygen atoms in total. The Balaban J connectivity index is 2.60. The van der Waals surface area contributed by atoms with Gasteiger partial charge in [0.05, 0.1) is 19.6 Å². The first-order valence-electron chi connectivity index (χ1n) is 5.24. The normalized spacial score (nSPS) is 16.4. The minimum atomic E-state index is -0.933. The van der Waals surface area contributed by atoms with Crippen LogP contribution in [0.1, 0.15) is 18.4 Å². The third-order valence-electron chi connectivity index (χ3n) is 3.14. The molecule has 0 heterocycles. The van der Waals surface area contributed by atoms with E-state index in [0.717, 1.165) is 0 Å². The maximum atomic E-state index is 11.3. The lowest BCUT2D eigenvalue weighted by atomic mass is 9.94. The molecule has 1 saturated carbocycles. The van der Waals surface area contributed by atoms with Gasteiger partial charge in [-0.05, 0) is 18.9 Å². The highest BCUT2D eigenvalue weighted by Crippen LogP contribution is 2.54. The summed E-state index contributed by atoms with van der Waals surface area (Å²) in [5.74, 6) is -0.200. The lowest BCUT2D eigenvalue weighted by Gasteiger charge is -2.17. The van der Waals surface area contributed by atoms with Gasteiger partial charge in [-0.3, -0.25) is 4.79 Å². The van der Waals surface area contributed by atoms with Gasteiger partial charge in [0.25, 0.3) is 0 Å². The number of carboxylic acid groups (broad SMARTS) is 1. The Bertz CT molecular complexity index is 462. The van der Waals surface area contributed by atoms with E-state index < -0.39 is 11.4 Å². The lowest BCUT2D eigenvalue weighted by molar-refractivity contribution is -0.140. The molecule has 0 saturated heterocycles. The third-order valence-corrected chi connectivity index (χ3v) is 3.14. The monoisotopic (exact) mass is 238 g/mol. The van der Waals surface area contributed by atoms with E-state index in [4.69, 9.17) is 9.47 Å². The Kier molecular flexibility index (Phi) is 2.61. The molecular formula is C12H14O5. The van der Waals surface area contributed by atoms with Crippen molar-refractivity contribution in [1.29, 1.82) is 0 Å². The SMILES string of the molecule is COc1cc(O)cc(C2(C(=O)O)CC2)c1OC. The molecule has 2 N–H and O–H groups in total. The van der Waals surface area contributed by atoms with Gasteiger partial charge < -0.3 is 19.7 Å². The Morgan fingerprint density at radius 2 is 1.94 bits per heavy atom. The molecule has 1 aromatic carbocycles. The summed E-state index contributed by atoms with van der Waals surface area (Å²) < 4.78 is 10.3. The Labute approximate surface area is 98.6 Å². The van der Waals surface area contributed by atoms with Crippen LogP contribution in [0.4, 0.5) is 0 Å². The first-order chi connectivity index (χ1) is 8.05. The third kappa shape index (κ3) is 1.67. The van der Waals surface area contributed by atoms with Crippen LogP contribution in [0.3, 0.4) is 0 Å². The lowest BCUT2D eigenvalue weighted by Crippen LogP contribution is -2.20. The van der Waals surface area contributed by atoms with E-state index in [2.05, 4.69) is 0 Å². The number of rotatable bonds is 4. The van der Waals surface area contributed by atoms with E-state index in [1.807, 2.05) is 0 Å². The van der Waals surface area contributed by atoms with Gasteiger partial charge in [-0.15, -0.1) is 0 Å². The number of carbonyl (C=O) groups is 1. The Hall–Kier alpha value is -1.91. The molecule has 1 aliphatic carbocycles. The van der Waals surface area contributed by atoms with Crippen molar-refractivity contribution in [1.82, 2.24) is 0 Å². The number of hydrogen-bond donors (Lipinski definition) is 2. The van der Waals surface area contributed by atoms with Gasteiger partial charge in [0.2, 0.25) is 0 Å². The second-order valence-electron chi connectivity index (χ2n) is 4.12. The van der Waals surface area contributed by atoms with Gasteiger partial charge in [-0.1, -0.05) is 0 Å². The maximum Gasteiger partial charge on any atom is 0.314 e. The van der Waals surface area contributed by atoms with Gasteiger partial charge in [0, 0.05) is 11.6 Å². The quantitative estimate of drug-likeness (QED) is 0.831. The van der Waals surface area contributed by atoms with Crippen LogP contribution in [-0.4, -0.2) is 30.4 Å². The topological polar surface area (TPSA) is 76.0 Å². The number of hydrogen-bond acceptors (Lipinski definition) is 4. The molecule has 0 atom stereocenters. The minimum Gasteiger partial charge on any atom is -0.508 e. The van der Waals surface area contributed by atoms with Gasteiger partial charge in [0.15, 0.2) is 11.5 Å². The molecule has 92 valence electrons. The standard InChI is InChI=1S/C12H14O5/c1-16-9-6-7(13)5-8(10(9)17-2)12(3-4-12)11(14)15/h5-6,13H,3-4H2,1-2H3,(H,14,15). The summed E-state index contributed by atoms with van der Waals surface area (Å²) in [5, 5.41) is 18.8. The fraction of sp³-hybridized carbons (Fsp3) is 0.417. The van der Waals surface area contributed by atoms with Crippen molar-refractivity contribution in [2.24, 2.45) is 0 Å². The van der Waals surface area contributed by atoms with E-state index >= 15 is 0 Å². The van der Waals surface area contributed by atoms with Crippen molar-refractivity contribution in [3.05, 3.63) is 17.7 Å². The van der Waals surface area contributed by atoms with Crippen LogP contribution >= 0.6 is 0 Å². The molecule has 1 fully saturated rings. The highest BCUT2D eigenvalue weighted by molar-refractivity contribution is 5.86. The van der Waals surface area contributed by atoms with E-state index in [-0.39, 0.29) is 5.75 Å². The molecular weight excluding hydrogens is 224 g/mol. The highest BCUT2D eigenvalue weighted by atomic mass is 16.5. The number of aliphatic carboxylic acids is 1. The Morgan fingerprint density at radius 1 is 1.29 bits per heavy atom. The molecule has 5 heteroatoms. The van der Waals surface area contributed by atoms with Crippen LogP contribution < -0.4 is 9.47 Å². The largest absolute Gasteiger partial charge is 0.508 e. The average molecular weight is 238 g/mol. The number of aromatic hydroxyl groups is 1. The van der Waals surface area contributed by atoms with Crippen molar-refractivity contribution in [2.45, 2.75) is 18.3 Å². The average Bonchev–Trinajstić information content (AvgIpc) is 3.08. The van der Waals surface area contributed by atoms with Crippen LogP contribution in [0.25, 0.3) is 0 Å². The first kappa shape index (κ1) is 11.6. The molecule has 0 aromatic heterocycles. The Morgan fingerprint density at radius 3 is 2.35 bits per heavy atom. The van der Waals surface area contributed by atoms with Crippen molar-refractivity contribution >= 4 is 5.97 Å². The summed E-state index contributed by atoms with van der Waals surface area (Å²) >= 11 is 0. The van der Waals surface area contributed by atoms with Crippen molar-refractivity contribution < 1.29 is 24.5 Å². The number of methoxy groups -OCH3 is 2. The molecule has 0 amide bonds. The number of carboxylic acids is 1. The van der Waals surface area contributed by atoms with Crippen LogP contribution in [0, 0.1) is 0 Å². The zero-order valence-corrected chi connectivity index (χ0v) is 9.69. The molecule has 17 heavy (non-hydrogen) atoms. The highest BCUT2D eigenvalue weighted by Gasteiger charge is 2.54. The smallest absolute Gasteiger partial charge is 0.314 e. The minimum absolute atomic E-state index is 0.0230. The molecule has 0 unspecified atom stereocenters. The van der Waals surface area contributed by atoms with Gasteiger partial charge in [0.1, 0.15) is 5.75 Å². The second kappa shape index (κ2) is 3.84. The summed E-state index contributed by atoms with van der Waals surface area (Å²) in [5.41, 5.74) is -0.457. The molecule has 1 aromatic rings. The molecule has 2 rings (SSSR count). The molecule has 0 bridgehead atoms. The van der Waals surface area contributed by atoms with E-state index in [1.54, 1.807) is 0 Å². The van der Waals surface area contributed by atoms with Crippen molar-refractivity contribution in [3.8, 4) is 17.2 Å². The fourth-order valence-corrected chi connectivity index (χ4v) is 2.03.